The first-order valence-corrected chi connectivity index (χ1v) is 9.32. The molecule has 0 atom stereocenters. The predicted octanol–water partition coefficient (Wildman–Crippen LogP) is 3.74. The van der Waals surface area contributed by atoms with Crippen LogP contribution >= 0.6 is 11.3 Å². The predicted molar refractivity (Wildman–Crippen MR) is 107 cm³/mol. The van der Waals surface area contributed by atoms with E-state index in [-0.39, 0.29) is 11.4 Å². The van der Waals surface area contributed by atoms with Gasteiger partial charge < -0.3 is 4.42 Å². The summed E-state index contributed by atoms with van der Waals surface area (Å²) in [7, 11) is 0. The third kappa shape index (κ3) is 3.92. The molecular weight excluding hydrogens is 395 g/mol. The summed E-state index contributed by atoms with van der Waals surface area (Å²) >= 11 is 1.19. The number of benzene rings is 2. The second-order valence-electron chi connectivity index (χ2n) is 6.06. The van der Waals surface area contributed by atoms with Gasteiger partial charge in [-0.2, -0.15) is 0 Å². The highest BCUT2D eigenvalue weighted by Crippen LogP contribution is 2.28. The van der Waals surface area contributed by atoms with Crippen LogP contribution in [-0.2, 0) is 0 Å². The van der Waals surface area contributed by atoms with Crippen molar-refractivity contribution in [1.82, 2.24) is 10.9 Å². The van der Waals surface area contributed by atoms with Crippen molar-refractivity contribution in [2.45, 2.75) is 0 Å². The Balaban J connectivity index is 1.46. The van der Waals surface area contributed by atoms with Crippen LogP contribution in [0.2, 0.25) is 0 Å². The van der Waals surface area contributed by atoms with Gasteiger partial charge in [0.1, 0.15) is 17.0 Å². The van der Waals surface area contributed by atoms with Gasteiger partial charge in [0.15, 0.2) is 0 Å². The highest BCUT2D eigenvalue weighted by Gasteiger charge is 2.16. The van der Waals surface area contributed by atoms with E-state index < -0.39 is 17.4 Å². The first-order valence-electron chi connectivity index (χ1n) is 8.50. The van der Waals surface area contributed by atoms with Crippen molar-refractivity contribution < 1.29 is 18.4 Å². The fraction of sp³-hybridized carbons (Fsp3) is 0. The van der Waals surface area contributed by atoms with E-state index in [2.05, 4.69) is 10.9 Å². The monoisotopic (exact) mass is 408 g/mol. The number of fused-ring (bicyclic) bond motifs is 1. The van der Waals surface area contributed by atoms with Crippen LogP contribution in [-0.4, -0.2) is 11.8 Å². The molecule has 0 radical (unpaired) electrons. The van der Waals surface area contributed by atoms with Crippen LogP contribution in [0.4, 0.5) is 4.39 Å². The number of thiophene rings is 1. The molecule has 0 aliphatic rings. The fourth-order valence-corrected chi connectivity index (χ4v) is 3.60. The van der Waals surface area contributed by atoms with Crippen LogP contribution in [0.5, 0.6) is 0 Å². The van der Waals surface area contributed by atoms with E-state index >= 15 is 0 Å². The molecule has 0 fully saturated rings. The maximum atomic E-state index is 13.0. The van der Waals surface area contributed by atoms with Crippen molar-refractivity contribution in [3.8, 4) is 10.4 Å². The first kappa shape index (κ1) is 18.6. The minimum Gasteiger partial charge on any atom is -0.422 e. The summed E-state index contributed by atoms with van der Waals surface area (Å²) in [6.07, 6.45) is 0. The fourth-order valence-electron chi connectivity index (χ4n) is 2.69. The number of hydrogen-bond donors (Lipinski definition) is 2. The minimum atomic E-state index is -0.801. The molecular formula is C21H13FN2O4S. The van der Waals surface area contributed by atoms with Gasteiger partial charge in [0.05, 0.1) is 4.88 Å². The lowest BCUT2D eigenvalue weighted by molar-refractivity contribution is 0.0847. The lowest BCUT2D eigenvalue weighted by atomic mass is 10.2. The third-order valence-electron chi connectivity index (χ3n) is 4.13. The number of para-hydroxylation sites is 1. The molecule has 4 rings (SSSR count). The topological polar surface area (TPSA) is 88.4 Å². The highest BCUT2D eigenvalue weighted by molar-refractivity contribution is 7.17. The minimum absolute atomic E-state index is 0.220. The second-order valence-corrected chi connectivity index (χ2v) is 7.15. The average Bonchev–Trinajstić information content (AvgIpc) is 3.22. The molecule has 4 aromatic rings. The Labute approximate surface area is 167 Å². The van der Waals surface area contributed by atoms with E-state index in [0.717, 1.165) is 10.4 Å². The van der Waals surface area contributed by atoms with Gasteiger partial charge in [-0.15, -0.1) is 11.3 Å². The number of rotatable bonds is 3. The lowest BCUT2D eigenvalue weighted by Crippen LogP contribution is -2.42. The van der Waals surface area contributed by atoms with Gasteiger partial charge in [-0.3, -0.25) is 20.4 Å². The molecule has 2 amide bonds. The molecule has 2 aromatic carbocycles. The summed E-state index contributed by atoms with van der Waals surface area (Å²) in [4.78, 5) is 37.7. The van der Waals surface area contributed by atoms with Crippen molar-refractivity contribution in [2.24, 2.45) is 0 Å². The molecule has 29 heavy (non-hydrogen) atoms. The highest BCUT2D eigenvalue weighted by atomic mass is 32.1. The third-order valence-corrected chi connectivity index (χ3v) is 5.27. The van der Waals surface area contributed by atoms with Gasteiger partial charge in [-0.25, -0.2) is 9.18 Å². The van der Waals surface area contributed by atoms with Gasteiger partial charge >= 0.3 is 5.63 Å². The molecule has 2 N–H and O–H groups in total. The van der Waals surface area contributed by atoms with Crippen molar-refractivity contribution in [1.29, 1.82) is 0 Å². The van der Waals surface area contributed by atoms with Crippen molar-refractivity contribution in [3.05, 3.63) is 93.4 Å². The maximum Gasteiger partial charge on any atom is 0.349 e. The number of halogens is 1. The quantitative estimate of drug-likeness (QED) is 0.399. The molecule has 0 unspecified atom stereocenters. The number of hydrogen-bond acceptors (Lipinski definition) is 5. The van der Waals surface area contributed by atoms with Gasteiger partial charge in [-0.1, -0.05) is 30.3 Å². The second kappa shape index (κ2) is 7.69. The molecule has 8 heteroatoms. The lowest BCUT2D eigenvalue weighted by Gasteiger charge is -2.06. The van der Waals surface area contributed by atoms with Gasteiger partial charge in [0.25, 0.3) is 11.8 Å². The summed E-state index contributed by atoms with van der Waals surface area (Å²) in [6.45, 7) is 0. The zero-order chi connectivity index (χ0) is 20.4. The molecule has 0 aliphatic carbocycles. The van der Waals surface area contributed by atoms with E-state index in [1.807, 2.05) is 0 Å². The molecule has 6 nitrogen and oxygen atoms in total. The van der Waals surface area contributed by atoms with E-state index in [0.29, 0.717) is 15.8 Å². The average molecular weight is 408 g/mol. The molecule has 2 aromatic heterocycles. The van der Waals surface area contributed by atoms with Gasteiger partial charge in [0, 0.05) is 10.3 Å². The Bertz CT molecular complexity index is 1280. The maximum absolute atomic E-state index is 13.0. The van der Waals surface area contributed by atoms with E-state index in [1.165, 1.54) is 29.5 Å². The standard InChI is InChI=1S/C21H13FN2O4S/c22-14-7-5-12(6-8-14)17-9-10-18(29-17)20(26)24-23-19(25)15-11-13-3-1-2-4-16(13)28-21(15)27/h1-11H,(H,23,25)(H,24,26). The Morgan fingerprint density at radius 3 is 2.41 bits per heavy atom. The molecule has 0 bridgehead atoms. The van der Waals surface area contributed by atoms with Crippen molar-refractivity contribution in [3.63, 3.8) is 0 Å². The number of carbonyl (C=O) groups excluding carboxylic acids is 2. The zero-order valence-corrected chi connectivity index (χ0v) is 15.6. The number of carbonyl (C=O) groups is 2. The van der Waals surface area contributed by atoms with Crippen molar-refractivity contribution in [2.75, 3.05) is 0 Å². The summed E-state index contributed by atoms with van der Waals surface area (Å²) in [5.41, 5.74) is 4.61. The Morgan fingerprint density at radius 2 is 1.62 bits per heavy atom. The van der Waals surface area contributed by atoms with Crippen LogP contribution in [0.25, 0.3) is 21.4 Å². The van der Waals surface area contributed by atoms with E-state index in [1.54, 1.807) is 48.5 Å². The molecule has 0 spiro atoms. The van der Waals surface area contributed by atoms with Crippen LogP contribution in [0, 0.1) is 5.82 Å². The van der Waals surface area contributed by atoms with Crippen LogP contribution in [0.3, 0.4) is 0 Å². The van der Waals surface area contributed by atoms with Crippen LogP contribution in [0.15, 0.2) is 75.9 Å². The van der Waals surface area contributed by atoms with Crippen LogP contribution in [0.1, 0.15) is 20.0 Å². The van der Waals surface area contributed by atoms with Crippen molar-refractivity contribution >= 4 is 34.1 Å². The summed E-state index contributed by atoms with van der Waals surface area (Å²) in [5, 5.41) is 0.589. The SMILES string of the molecule is O=C(NNC(=O)c1cc2ccccc2oc1=O)c1ccc(-c2ccc(F)cc2)s1. The van der Waals surface area contributed by atoms with E-state index in [9.17, 15) is 18.8 Å². The van der Waals surface area contributed by atoms with E-state index in [4.69, 9.17) is 4.42 Å². The smallest absolute Gasteiger partial charge is 0.349 e. The summed E-state index contributed by atoms with van der Waals surface area (Å²) in [6, 6.07) is 17.4. The number of amides is 2. The van der Waals surface area contributed by atoms with Crippen LogP contribution < -0.4 is 16.5 Å². The molecule has 144 valence electrons. The number of nitrogens with one attached hydrogen (secondary N) is 2. The largest absolute Gasteiger partial charge is 0.422 e. The normalized spacial score (nSPS) is 10.7. The Kier molecular flexibility index (Phi) is 4.92. The Morgan fingerprint density at radius 1 is 0.897 bits per heavy atom. The zero-order valence-electron chi connectivity index (χ0n) is 14.8. The molecule has 0 saturated heterocycles. The molecule has 0 saturated carbocycles. The number of hydrazine groups is 1. The molecule has 0 aliphatic heterocycles. The van der Waals surface area contributed by atoms with Gasteiger partial charge in [0.2, 0.25) is 0 Å². The summed E-state index contributed by atoms with van der Waals surface area (Å²) < 4.78 is 18.1. The van der Waals surface area contributed by atoms with Gasteiger partial charge in [-0.05, 0) is 42.0 Å². The summed E-state index contributed by atoms with van der Waals surface area (Å²) in [5.74, 6) is -1.67. The first-order chi connectivity index (χ1) is 14.0. The molecule has 2 heterocycles. The Hall–Kier alpha value is -3.78.